The molecule has 1 heterocycles. The SMILES string of the molecule is CCN1CCN(c2ccc(NC(=O)c3cc(S(=O)(=O)NC(C)C)ccc3Cl)cc2)CC1. The number of nitrogens with one attached hydrogen (secondary N) is 2. The molecular weight excluding hydrogens is 436 g/mol. The molecule has 7 nitrogen and oxygen atoms in total. The molecule has 1 amide bonds. The van der Waals surface area contributed by atoms with Crippen molar-refractivity contribution in [2.45, 2.75) is 31.7 Å². The molecule has 3 rings (SSSR count). The first-order valence-electron chi connectivity index (χ1n) is 10.4. The second-order valence-corrected chi connectivity index (χ2v) is 9.96. The molecule has 1 aliphatic heterocycles. The highest BCUT2D eigenvalue weighted by atomic mass is 35.5. The van der Waals surface area contributed by atoms with Gasteiger partial charge in [-0.2, -0.15) is 0 Å². The summed E-state index contributed by atoms with van der Waals surface area (Å²) in [5.41, 5.74) is 1.83. The molecular formula is C22H29ClN4O3S. The van der Waals surface area contributed by atoms with Gasteiger partial charge in [0.15, 0.2) is 0 Å². The predicted octanol–water partition coefficient (Wildman–Crippen LogP) is 3.42. The lowest BCUT2D eigenvalue weighted by Crippen LogP contribution is -2.46. The quantitative estimate of drug-likeness (QED) is 0.656. The smallest absolute Gasteiger partial charge is 0.257 e. The van der Waals surface area contributed by atoms with Crippen molar-refractivity contribution in [1.29, 1.82) is 0 Å². The van der Waals surface area contributed by atoms with Crippen molar-refractivity contribution in [3.8, 4) is 0 Å². The largest absolute Gasteiger partial charge is 0.369 e. The van der Waals surface area contributed by atoms with Gasteiger partial charge in [0.1, 0.15) is 0 Å². The predicted molar refractivity (Wildman–Crippen MR) is 126 cm³/mol. The van der Waals surface area contributed by atoms with Crippen LogP contribution in [0.3, 0.4) is 0 Å². The van der Waals surface area contributed by atoms with Crippen LogP contribution in [-0.2, 0) is 10.0 Å². The summed E-state index contributed by atoms with van der Waals surface area (Å²) in [6, 6.07) is 11.5. The van der Waals surface area contributed by atoms with Crippen LogP contribution in [0.2, 0.25) is 5.02 Å². The molecule has 2 aromatic carbocycles. The summed E-state index contributed by atoms with van der Waals surface area (Å²) >= 11 is 6.18. The lowest BCUT2D eigenvalue weighted by molar-refractivity contribution is 0.102. The molecule has 0 aliphatic carbocycles. The molecule has 31 heavy (non-hydrogen) atoms. The lowest BCUT2D eigenvalue weighted by Gasteiger charge is -2.35. The zero-order valence-corrected chi connectivity index (χ0v) is 19.6. The van der Waals surface area contributed by atoms with Crippen LogP contribution in [-0.4, -0.2) is 58.0 Å². The minimum atomic E-state index is -3.73. The van der Waals surface area contributed by atoms with E-state index in [0.29, 0.717) is 5.69 Å². The molecule has 1 saturated heterocycles. The van der Waals surface area contributed by atoms with E-state index in [9.17, 15) is 13.2 Å². The average molecular weight is 465 g/mol. The van der Waals surface area contributed by atoms with Crippen LogP contribution in [0.15, 0.2) is 47.4 Å². The number of hydrogen-bond donors (Lipinski definition) is 2. The number of anilines is 2. The third-order valence-corrected chi connectivity index (χ3v) is 7.18. The van der Waals surface area contributed by atoms with Gasteiger partial charge in [-0.15, -0.1) is 0 Å². The fourth-order valence-electron chi connectivity index (χ4n) is 3.50. The topological polar surface area (TPSA) is 81.8 Å². The van der Waals surface area contributed by atoms with Gasteiger partial charge in [-0.3, -0.25) is 4.79 Å². The van der Waals surface area contributed by atoms with Crippen LogP contribution in [0.5, 0.6) is 0 Å². The number of rotatable bonds is 7. The molecule has 2 N–H and O–H groups in total. The Kier molecular flexibility index (Phi) is 7.59. The Morgan fingerprint density at radius 1 is 1.06 bits per heavy atom. The van der Waals surface area contributed by atoms with Gasteiger partial charge in [0.25, 0.3) is 5.91 Å². The maximum Gasteiger partial charge on any atom is 0.257 e. The molecule has 1 aliphatic rings. The Balaban J connectivity index is 1.71. The number of piperazine rings is 1. The maximum absolute atomic E-state index is 12.8. The van der Waals surface area contributed by atoms with E-state index in [1.165, 1.54) is 18.2 Å². The van der Waals surface area contributed by atoms with E-state index >= 15 is 0 Å². The molecule has 168 valence electrons. The van der Waals surface area contributed by atoms with E-state index in [1.807, 2.05) is 24.3 Å². The summed E-state index contributed by atoms with van der Waals surface area (Å²) in [5.74, 6) is -0.462. The summed E-state index contributed by atoms with van der Waals surface area (Å²) in [4.78, 5) is 17.5. The van der Waals surface area contributed by atoms with Gasteiger partial charge in [-0.25, -0.2) is 13.1 Å². The first kappa shape index (κ1) is 23.5. The van der Waals surface area contributed by atoms with Crippen LogP contribution in [0.25, 0.3) is 0 Å². The van der Waals surface area contributed by atoms with Crippen LogP contribution < -0.4 is 14.9 Å². The van der Waals surface area contributed by atoms with Crippen molar-refractivity contribution in [1.82, 2.24) is 9.62 Å². The number of benzene rings is 2. The van der Waals surface area contributed by atoms with E-state index in [4.69, 9.17) is 11.6 Å². The van der Waals surface area contributed by atoms with Gasteiger partial charge in [0.2, 0.25) is 10.0 Å². The number of carbonyl (C=O) groups is 1. The molecule has 2 aromatic rings. The Labute approximate surface area is 189 Å². The van der Waals surface area contributed by atoms with Gasteiger partial charge in [-0.05, 0) is 62.9 Å². The molecule has 0 aromatic heterocycles. The van der Waals surface area contributed by atoms with Crippen molar-refractivity contribution >= 4 is 38.9 Å². The number of sulfonamides is 1. The number of hydrogen-bond acceptors (Lipinski definition) is 5. The fourth-order valence-corrected chi connectivity index (χ4v) is 4.98. The number of amides is 1. The molecule has 0 bridgehead atoms. The van der Waals surface area contributed by atoms with Crippen LogP contribution >= 0.6 is 11.6 Å². The normalized spacial score (nSPS) is 15.3. The van der Waals surface area contributed by atoms with Crippen LogP contribution in [0, 0.1) is 0 Å². The highest BCUT2D eigenvalue weighted by Gasteiger charge is 2.20. The van der Waals surface area contributed by atoms with E-state index < -0.39 is 15.9 Å². The third kappa shape index (κ3) is 5.98. The number of carbonyl (C=O) groups excluding carboxylic acids is 1. The monoisotopic (exact) mass is 464 g/mol. The molecule has 9 heteroatoms. The number of likely N-dealkylation sites (N-methyl/N-ethyl adjacent to an activating group) is 1. The third-order valence-electron chi connectivity index (χ3n) is 5.19. The molecule has 0 atom stereocenters. The van der Waals surface area contributed by atoms with Crippen molar-refractivity contribution in [3.05, 3.63) is 53.1 Å². The van der Waals surface area contributed by atoms with Crippen molar-refractivity contribution in [2.24, 2.45) is 0 Å². The second-order valence-electron chi connectivity index (χ2n) is 7.84. The van der Waals surface area contributed by atoms with Crippen LogP contribution in [0.1, 0.15) is 31.1 Å². The number of nitrogens with zero attached hydrogens (tertiary/aromatic N) is 2. The molecule has 0 spiro atoms. The lowest BCUT2D eigenvalue weighted by atomic mass is 10.2. The Bertz CT molecular complexity index is 1020. The molecule has 0 saturated carbocycles. The van der Waals surface area contributed by atoms with Crippen LogP contribution in [0.4, 0.5) is 11.4 Å². The van der Waals surface area contributed by atoms with E-state index in [1.54, 1.807) is 13.8 Å². The fraction of sp³-hybridized carbons (Fsp3) is 0.409. The first-order chi connectivity index (χ1) is 14.7. The van der Waals surface area contributed by atoms with Gasteiger partial charge in [0.05, 0.1) is 15.5 Å². The standard InChI is InChI=1S/C22H29ClN4O3S/c1-4-26-11-13-27(14-12-26)18-7-5-17(6-8-18)24-22(28)20-15-19(9-10-21(20)23)31(29,30)25-16(2)3/h5-10,15-16,25H,4,11-14H2,1-3H3,(H,24,28). The van der Waals surface area contributed by atoms with Gasteiger partial charge >= 0.3 is 0 Å². The Morgan fingerprint density at radius 2 is 1.71 bits per heavy atom. The summed E-state index contributed by atoms with van der Waals surface area (Å²) in [5, 5.41) is 2.99. The minimum Gasteiger partial charge on any atom is -0.369 e. The maximum atomic E-state index is 12.8. The van der Waals surface area contributed by atoms with Crippen molar-refractivity contribution in [3.63, 3.8) is 0 Å². The van der Waals surface area contributed by atoms with Gasteiger partial charge in [-0.1, -0.05) is 18.5 Å². The van der Waals surface area contributed by atoms with Gasteiger partial charge < -0.3 is 15.1 Å². The zero-order chi connectivity index (χ0) is 22.6. The Morgan fingerprint density at radius 3 is 2.29 bits per heavy atom. The highest BCUT2D eigenvalue weighted by Crippen LogP contribution is 2.24. The summed E-state index contributed by atoms with van der Waals surface area (Å²) in [6.45, 7) is 10.7. The first-order valence-corrected chi connectivity index (χ1v) is 12.3. The Hall–Kier alpha value is -2.13. The summed E-state index contributed by atoms with van der Waals surface area (Å²) in [7, 11) is -3.73. The molecule has 1 fully saturated rings. The van der Waals surface area contributed by atoms with Crippen molar-refractivity contribution in [2.75, 3.05) is 42.9 Å². The van der Waals surface area contributed by atoms with Gasteiger partial charge in [0, 0.05) is 43.6 Å². The summed E-state index contributed by atoms with van der Waals surface area (Å²) < 4.78 is 27.3. The zero-order valence-electron chi connectivity index (χ0n) is 18.1. The second kappa shape index (κ2) is 9.99. The van der Waals surface area contributed by atoms with E-state index in [0.717, 1.165) is 38.4 Å². The highest BCUT2D eigenvalue weighted by molar-refractivity contribution is 7.89. The summed E-state index contributed by atoms with van der Waals surface area (Å²) in [6.07, 6.45) is 0. The van der Waals surface area contributed by atoms with Crippen molar-refractivity contribution < 1.29 is 13.2 Å². The molecule has 0 unspecified atom stereocenters. The minimum absolute atomic E-state index is 0.00248. The molecule has 0 radical (unpaired) electrons. The van der Waals surface area contributed by atoms with E-state index in [-0.39, 0.29) is 21.5 Å². The average Bonchev–Trinajstić information content (AvgIpc) is 2.73. The van der Waals surface area contributed by atoms with E-state index in [2.05, 4.69) is 26.8 Å². The number of halogens is 1.